The molecule has 0 atom stereocenters. The van der Waals surface area contributed by atoms with E-state index in [-0.39, 0.29) is 35.4 Å². The van der Waals surface area contributed by atoms with Gasteiger partial charge in [0.25, 0.3) is 0 Å². The van der Waals surface area contributed by atoms with Gasteiger partial charge < -0.3 is 9.32 Å². The summed E-state index contributed by atoms with van der Waals surface area (Å²) in [4.78, 5) is 1.87. The molecular weight excluding hydrogens is 679 g/mol. The molecule has 10 aromatic carbocycles. The summed E-state index contributed by atoms with van der Waals surface area (Å²) in [6.45, 7) is 0. The Morgan fingerprint density at radius 2 is 0.911 bits per heavy atom. The molecule has 56 heavy (non-hydrogen) atoms. The second-order valence-corrected chi connectivity index (χ2v) is 14.2. The maximum absolute atomic E-state index is 9.70. The highest BCUT2D eigenvalue weighted by Gasteiger charge is 2.21. The van der Waals surface area contributed by atoms with Crippen molar-refractivity contribution in [3.63, 3.8) is 0 Å². The SMILES string of the molecule is [2H]c1c([2H])c(N(c2ccc(-c3ccccc3)cc2)c2ccccc2-c2cccc3c2oc2c4ccccc4ccc32)c([2H])c([2H])c1-c1ccc2c(ccc3ccccc32)c1. The number of para-hydroxylation sites is 2. The first-order valence-corrected chi connectivity index (χ1v) is 18.8. The lowest BCUT2D eigenvalue weighted by Gasteiger charge is -2.28. The Balaban J connectivity index is 1.13. The molecule has 0 saturated heterocycles. The molecule has 2 nitrogen and oxygen atoms in total. The zero-order chi connectivity index (χ0) is 40.5. The minimum Gasteiger partial charge on any atom is -0.455 e. The normalized spacial score (nSPS) is 12.6. The van der Waals surface area contributed by atoms with Gasteiger partial charge in [-0.2, -0.15) is 0 Å². The van der Waals surface area contributed by atoms with Gasteiger partial charge in [-0.15, -0.1) is 0 Å². The molecule has 2 heteroatoms. The van der Waals surface area contributed by atoms with Crippen LogP contribution < -0.4 is 4.90 Å². The van der Waals surface area contributed by atoms with Crippen molar-refractivity contribution in [1.82, 2.24) is 0 Å². The van der Waals surface area contributed by atoms with Gasteiger partial charge in [-0.1, -0.05) is 170 Å². The molecular formula is C54H35NO. The van der Waals surface area contributed by atoms with Gasteiger partial charge in [0.15, 0.2) is 0 Å². The Hall–Kier alpha value is -7.42. The van der Waals surface area contributed by atoms with Gasteiger partial charge in [-0.3, -0.25) is 0 Å². The number of rotatable bonds is 6. The smallest absolute Gasteiger partial charge is 0.143 e. The van der Waals surface area contributed by atoms with Crippen molar-refractivity contribution in [3.05, 3.63) is 212 Å². The van der Waals surface area contributed by atoms with Crippen LogP contribution in [0.1, 0.15) is 5.48 Å². The monoisotopic (exact) mass is 717 g/mol. The van der Waals surface area contributed by atoms with Crippen LogP contribution >= 0.6 is 0 Å². The summed E-state index contributed by atoms with van der Waals surface area (Å²) in [5.41, 5.74) is 7.73. The van der Waals surface area contributed by atoms with Crippen molar-refractivity contribution in [3.8, 4) is 33.4 Å². The summed E-state index contributed by atoms with van der Waals surface area (Å²) in [7, 11) is 0. The highest BCUT2D eigenvalue weighted by Crippen LogP contribution is 2.45. The molecule has 0 N–H and O–H groups in total. The molecule has 11 aromatic rings. The van der Waals surface area contributed by atoms with Crippen LogP contribution in [0.2, 0.25) is 0 Å². The van der Waals surface area contributed by atoms with Crippen molar-refractivity contribution in [2.45, 2.75) is 0 Å². The van der Waals surface area contributed by atoms with Gasteiger partial charge in [0.2, 0.25) is 0 Å². The largest absolute Gasteiger partial charge is 0.455 e. The number of furan rings is 1. The summed E-state index contributed by atoms with van der Waals surface area (Å²) in [5.74, 6) is 0. The van der Waals surface area contributed by atoms with Crippen LogP contribution in [0, 0.1) is 0 Å². The number of hydrogen-bond acceptors (Lipinski definition) is 2. The zero-order valence-corrected chi connectivity index (χ0v) is 30.3. The summed E-state index contributed by atoms with van der Waals surface area (Å²) in [6, 6.07) is 62.5. The third-order valence-corrected chi connectivity index (χ3v) is 10.9. The van der Waals surface area contributed by atoms with Crippen molar-refractivity contribution in [1.29, 1.82) is 0 Å². The number of benzene rings is 10. The highest BCUT2D eigenvalue weighted by molar-refractivity contribution is 6.17. The molecule has 0 aliphatic rings. The predicted octanol–water partition coefficient (Wildman–Crippen LogP) is 15.5. The minimum atomic E-state index is -0.139. The second-order valence-electron chi connectivity index (χ2n) is 14.2. The average Bonchev–Trinajstić information content (AvgIpc) is 3.70. The van der Waals surface area contributed by atoms with Gasteiger partial charge in [0, 0.05) is 38.7 Å². The van der Waals surface area contributed by atoms with E-state index in [2.05, 4.69) is 66.7 Å². The Kier molecular flexibility index (Phi) is 6.60. The molecule has 0 saturated carbocycles. The summed E-state index contributed by atoms with van der Waals surface area (Å²) < 4.78 is 45.3. The first-order valence-electron chi connectivity index (χ1n) is 20.8. The molecule has 0 unspecified atom stereocenters. The van der Waals surface area contributed by atoms with Crippen LogP contribution in [0.3, 0.4) is 0 Å². The molecule has 0 amide bonds. The van der Waals surface area contributed by atoms with Crippen molar-refractivity contribution in [2.75, 3.05) is 4.90 Å². The van der Waals surface area contributed by atoms with Crippen LogP contribution in [0.15, 0.2) is 217 Å². The second kappa shape index (κ2) is 13.2. The quantitative estimate of drug-likeness (QED) is 0.159. The Morgan fingerprint density at radius 1 is 0.339 bits per heavy atom. The Labute approximate surface area is 330 Å². The van der Waals surface area contributed by atoms with E-state index in [1.165, 1.54) is 0 Å². The zero-order valence-electron chi connectivity index (χ0n) is 34.3. The van der Waals surface area contributed by atoms with E-state index in [0.29, 0.717) is 16.9 Å². The maximum atomic E-state index is 9.70. The number of fused-ring (bicyclic) bond motifs is 8. The first-order chi connectivity index (χ1) is 29.4. The predicted molar refractivity (Wildman–Crippen MR) is 237 cm³/mol. The third kappa shape index (κ3) is 5.34. The molecule has 0 spiro atoms. The van der Waals surface area contributed by atoms with E-state index in [1.807, 2.05) is 126 Å². The summed E-state index contributed by atoms with van der Waals surface area (Å²) in [6.07, 6.45) is 0. The van der Waals surface area contributed by atoms with E-state index in [9.17, 15) is 5.48 Å². The molecule has 11 rings (SSSR count). The van der Waals surface area contributed by atoms with E-state index in [4.69, 9.17) is 4.42 Å². The first kappa shape index (κ1) is 28.1. The molecule has 0 bridgehead atoms. The van der Waals surface area contributed by atoms with Crippen molar-refractivity contribution >= 4 is 71.3 Å². The molecule has 1 aromatic heterocycles. The fourth-order valence-corrected chi connectivity index (χ4v) is 8.19. The minimum absolute atomic E-state index is 0.110. The molecule has 0 radical (unpaired) electrons. The van der Waals surface area contributed by atoms with Crippen LogP contribution in [0.4, 0.5) is 17.1 Å². The number of hydrogen-bond donors (Lipinski definition) is 0. The van der Waals surface area contributed by atoms with Gasteiger partial charge >= 0.3 is 0 Å². The molecule has 0 aliphatic heterocycles. The number of anilines is 3. The van der Waals surface area contributed by atoms with Crippen LogP contribution in [0.25, 0.3) is 87.6 Å². The molecule has 0 fully saturated rings. The van der Waals surface area contributed by atoms with Crippen molar-refractivity contribution in [2.24, 2.45) is 0 Å². The topological polar surface area (TPSA) is 16.4 Å². The highest BCUT2D eigenvalue weighted by atomic mass is 16.3. The van der Waals surface area contributed by atoms with Crippen molar-refractivity contribution < 1.29 is 9.90 Å². The molecule has 262 valence electrons. The lowest BCUT2D eigenvalue weighted by atomic mass is 9.97. The van der Waals surface area contributed by atoms with E-state index < -0.39 is 0 Å². The lowest BCUT2D eigenvalue weighted by molar-refractivity contribution is 0.674. The maximum Gasteiger partial charge on any atom is 0.143 e. The fourth-order valence-electron chi connectivity index (χ4n) is 8.19. The van der Waals surface area contributed by atoms with E-state index >= 15 is 0 Å². The summed E-state index contributed by atoms with van der Waals surface area (Å²) in [5, 5.41) is 8.43. The van der Waals surface area contributed by atoms with Gasteiger partial charge in [-0.05, 0) is 91.6 Å². The van der Waals surface area contributed by atoms with Crippen LogP contribution in [-0.4, -0.2) is 0 Å². The summed E-state index contributed by atoms with van der Waals surface area (Å²) >= 11 is 0. The molecule has 0 aliphatic carbocycles. The standard InChI is InChI=1S/C54H35NO/c1-2-11-36(12-3-1)37-23-29-43(30-24-37)55(44-31-25-38(26-32-44)41-28-33-46-42(35-41)22-21-39-13-4-6-15-45(39)46)52-20-9-8-17-48(52)49-18-10-19-50-51-34-27-40-14-5-7-16-47(40)53(51)56-54(49)50/h1-35H/i25D,26D,31D,32D. The average molecular weight is 718 g/mol. The Morgan fingerprint density at radius 3 is 1.75 bits per heavy atom. The van der Waals surface area contributed by atoms with Crippen LogP contribution in [-0.2, 0) is 0 Å². The number of nitrogens with zero attached hydrogens (tertiary/aromatic N) is 1. The third-order valence-electron chi connectivity index (χ3n) is 10.9. The van der Waals surface area contributed by atoms with Gasteiger partial charge in [0.05, 0.1) is 11.2 Å². The van der Waals surface area contributed by atoms with E-state index in [0.717, 1.165) is 76.5 Å². The van der Waals surface area contributed by atoms with Gasteiger partial charge in [0.1, 0.15) is 11.2 Å². The van der Waals surface area contributed by atoms with Crippen LogP contribution in [0.5, 0.6) is 0 Å². The fraction of sp³-hybridized carbons (Fsp3) is 0. The molecule has 1 heterocycles. The Bertz CT molecular complexity index is 3460. The van der Waals surface area contributed by atoms with E-state index in [1.54, 1.807) is 0 Å². The lowest BCUT2D eigenvalue weighted by Crippen LogP contribution is -2.11. The van der Waals surface area contributed by atoms with Gasteiger partial charge in [-0.25, -0.2) is 0 Å².